The van der Waals surface area contributed by atoms with Crippen molar-refractivity contribution in [3.05, 3.63) is 153 Å². The maximum atomic E-state index is 14.0. The number of halogens is 2. The van der Waals surface area contributed by atoms with E-state index in [4.69, 9.17) is 37.7 Å². The summed E-state index contributed by atoms with van der Waals surface area (Å²) < 4.78 is 16.5. The Hall–Kier alpha value is -5.27. The molecule has 6 aromatic rings. The number of carbonyl (C=O) groups excluding carboxylic acids is 2. The van der Waals surface area contributed by atoms with E-state index in [1.807, 2.05) is 97.1 Å². The van der Waals surface area contributed by atoms with Gasteiger partial charge in [0.05, 0.1) is 65.6 Å². The minimum Gasteiger partial charge on any atom is -0.548 e. The van der Waals surface area contributed by atoms with E-state index in [1.165, 1.54) is 13.0 Å². The summed E-state index contributed by atoms with van der Waals surface area (Å²) >= 11 is 12.5. The van der Waals surface area contributed by atoms with Crippen LogP contribution < -0.4 is 38.8 Å². The molecule has 6 atom stereocenters. The molecule has 0 saturated carbocycles. The molecule has 0 aliphatic carbocycles. The summed E-state index contributed by atoms with van der Waals surface area (Å²) in [6.07, 6.45) is 13.7. The Morgan fingerprint density at radius 3 is 1.68 bits per heavy atom. The standard InChI is InChI=1S/C28H34BClN6O3.C19H21BClN3O4.C9H15N3.Li/c1-19-13-33(18-32-19)14-20-7-9-35(15-20)28(37)24-16-34(10-11-36(24)29(2)38)27-23-6-5-22(30)12-25(23)39-17-21-4-3-8-31-26(21)27;1-20(27)24-8-7-23(10-15(24)19(25)26)18-14-5-4-13(21)9-16(14)28-11-12-3-2-6-22-17(12)18;1-8-5-12(7-11-8)6-9-2-3-10-4-9;/h3-6,8,12-13,18,20,24,27,38H,7,9-11,14-17H2,1-2H3;2-6,9,15,18,27H,7-8,10-11H2,1H3,(H,25,26);5,7,9-10H,2-4,6H2,1H3;/q;;;+1/p-1/t20-,24?,27+;15-,18-;9-;/m011./s1. The van der Waals surface area contributed by atoms with Crippen LogP contribution >= 0.6 is 23.2 Å². The molecule has 80 heavy (non-hydrogen) atoms. The van der Waals surface area contributed by atoms with E-state index in [0.717, 1.165) is 89.3 Å². The Kier molecular flexibility index (Phi) is 19.8. The number of hydrogen-bond acceptors (Lipinski definition) is 16. The van der Waals surface area contributed by atoms with E-state index in [-0.39, 0.29) is 43.4 Å². The van der Waals surface area contributed by atoms with Gasteiger partial charge in [-0.1, -0.05) is 47.5 Å². The van der Waals surface area contributed by atoms with Crippen molar-refractivity contribution in [2.24, 2.45) is 11.8 Å². The van der Waals surface area contributed by atoms with Gasteiger partial charge in [-0.15, -0.1) is 0 Å². The second-order valence-corrected chi connectivity index (χ2v) is 22.5. The van der Waals surface area contributed by atoms with Gasteiger partial charge in [-0.05, 0) is 102 Å². The van der Waals surface area contributed by atoms with Crippen LogP contribution in [-0.2, 0) is 35.9 Å². The second kappa shape index (κ2) is 26.8. The Morgan fingerprint density at radius 1 is 0.688 bits per heavy atom. The number of piperazine rings is 2. The summed E-state index contributed by atoms with van der Waals surface area (Å²) in [6, 6.07) is 17.2. The van der Waals surface area contributed by atoms with E-state index in [0.29, 0.717) is 74.2 Å². The fourth-order valence-corrected chi connectivity index (χ4v) is 12.5. The SMILES string of the molecule is CB(O)N1CCN([C@@H]2c3ccc(Cl)cc3OCc3cccnc32)CC1C(=O)N1CC[C@@H](Cn2cnc(C)c2)C1.CB(O)N1CCN([C@@H]2c3ccc(Cl)cc3OCc3cccnc32)C[C@@H]1C(=O)[O-].Cc1cn(C[C@@H]2CCNC2)cn1.[Li+]. The molecular formula is C56H69B2Cl2LiN12O7. The average Bonchev–Trinajstić information content (AvgIpc) is 4.34. The maximum absolute atomic E-state index is 14.0. The third-order valence-electron chi connectivity index (χ3n) is 16.1. The van der Waals surface area contributed by atoms with Crippen LogP contribution in [0.4, 0.5) is 0 Å². The van der Waals surface area contributed by atoms with Crippen molar-refractivity contribution in [3.63, 3.8) is 0 Å². The van der Waals surface area contributed by atoms with E-state index in [2.05, 4.69) is 45.4 Å². The van der Waals surface area contributed by atoms with Crippen molar-refractivity contribution >= 4 is 49.2 Å². The first kappa shape index (κ1) is 59.4. The summed E-state index contributed by atoms with van der Waals surface area (Å²) in [5.41, 5.74) is 7.74. The molecule has 12 rings (SSSR count). The van der Waals surface area contributed by atoms with Gasteiger partial charge in [-0.2, -0.15) is 0 Å². The number of likely N-dealkylation sites (tertiary alicyclic amines) is 1. The first-order valence-electron chi connectivity index (χ1n) is 27.4. The number of imidazole rings is 2. The van der Waals surface area contributed by atoms with Gasteiger partial charge in [0.25, 0.3) is 0 Å². The summed E-state index contributed by atoms with van der Waals surface area (Å²) in [4.78, 5) is 53.5. The minimum absolute atomic E-state index is 0. The average molecular weight is 1120 g/mol. The van der Waals surface area contributed by atoms with E-state index in [1.54, 1.807) is 36.8 Å². The third kappa shape index (κ3) is 13.8. The molecule has 0 spiro atoms. The van der Waals surface area contributed by atoms with Crippen LogP contribution in [0.5, 0.6) is 11.5 Å². The molecule has 10 heterocycles. The number of ether oxygens (including phenoxy) is 2. The van der Waals surface area contributed by atoms with Gasteiger partial charge in [-0.3, -0.25) is 24.6 Å². The number of carboxylic acids is 1. The van der Waals surface area contributed by atoms with Crippen LogP contribution in [0.15, 0.2) is 98.1 Å². The van der Waals surface area contributed by atoms with E-state index in [9.17, 15) is 24.7 Å². The molecule has 416 valence electrons. The molecular weight excluding hydrogens is 1050 g/mol. The first-order valence-corrected chi connectivity index (χ1v) is 28.2. The number of aryl methyl sites for hydroxylation is 2. The van der Waals surface area contributed by atoms with Gasteiger partial charge < -0.3 is 58.4 Å². The molecule has 1 unspecified atom stereocenters. The molecule has 4 saturated heterocycles. The van der Waals surface area contributed by atoms with Crippen LogP contribution in [0.3, 0.4) is 0 Å². The number of carbonyl (C=O) groups is 2. The monoisotopic (exact) mass is 1120 g/mol. The van der Waals surface area contributed by atoms with Crippen LogP contribution in [-0.4, -0.2) is 167 Å². The predicted octanol–water partition coefficient (Wildman–Crippen LogP) is 1.24. The second-order valence-electron chi connectivity index (χ2n) is 21.6. The topological polar surface area (TPSA) is 206 Å². The van der Waals surface area contributed by atoms with Gasteiger partial charge in [0.15, 0.2) is 0 Å². The number of nitrogens with one attached hydrogen (secondary N) is 1. The predicted molar refractivity (Wildman–Crippen MR) is 300 cm³/mol. The number of nitrogens with zero attached hydrogens (tertiary/aromatic N) is 11. The molecule has 19 nitrogen and oxygen atoms in total. The van der Waals surface area contributed by atoms with Gasteiger partial charge in [-0.25, -0.2) is 9.97 Å². The summed E-state index contributed by atoms with van der Waals surface area (Å²) in [5, 5.41) is 36.9. The largest absolute Gasteiger partial charge is 1.00 e. The smallest absolute Gasteiger partial charge is 0.548 e. The molecule has 0 radical (unpaired) electrons. The molecule has 1 amide bonds. The number of carboxylic acid groups (broad SMARTS) is 1. The summed E-state index contributed by atoms with van der Waals surface area (Å²) in [7, 11) is -1.58. The maximum Gasteiger partial charge on any atom is 1.00 e. The molecule has 4 fully saturated rings. The number of amides is 1. The number of aromatic nitrogens is 6. The van der Waals surface area contributed by atoms with Gasteiger partial charge in [0.1, 0.15) is 24.7 Å². The third-order valence-corrected chi connectivity index (χ3v) is 16.5. The van der Waals surface area contributed by atoms with Crippen LogP contribution in [0.25, 0.3) is 0 Å². The van der Waals surface area contributed by atoms with Crippen LogP contribution in [0.2, 0.25) is 23.7 Å². The van der Waals surface area contributed by atoms with Gasteiger partial charge in [0.2, 0.25) is 5.91 Å². The van der Waals surface area contributed by atoms with E-state index >= 15 is 0 Å². The van der Waals surface area contributed by atoms with Crippen molar-refractivity contribution in [2.75, 3.05) is 65.4 Å². The zero-order chi connectivity index (χ0) is 55.3. The van der Waals surface area contributed by atoms with Crippen molar-refractivity contribution < 1.29 is 53.1 Å². The molecule has 6 aliphatic rings. The van der Waals surface area contributed by atoms with Crippen molar-refractivity contribution in [1.82, 2.24) is 58.7 Å². The Labute approximate surface area is 491 Å². The van der Waals surface area contributed by atoms with Crippen LogP contribution in [0.1, 0.15) is 70.0 Å². The number of aliphatic carboxylic acids is 1. The van der Waals surface area contributed by atoms with Crippen molar-refractivity contribution in [3.8, 4) is 11.5 Å². The van der Waals surface area contributed by atoms with Crippen LogP contribution in [0, 0.1) is 25.7 Å². The zero-order valence-corrected chi connectivity index (χ0v) is 47.8. The molecule has 6 aliphatic heterocycles. The fraction of sp³-hybridized carbons (Fsp3) is 0.464. The van der Waals surface area contributed by atoms with Crippen molar-refractivity contribution in [1.29, 1.82) is 0 Å². The number of benzene rings is 2. The molecule has 4 aromatic heterocycles. The number of fused-ring (bicyclic) bond motifs is 4. The first-order chi connectivity index (χ1) is 38.2. The number of pyridine rings is 2. The molecule has 0 bridgehead atoms. The molecule has 2 aromatic carbocycles. The van der Waals surface area contributed by atoms with Gasteiger partial charge >= 0.3 is 33.0 Å². The van der Waals surface area contributed by atoms with E-state index < -0.39 is 32.2 Å². The zero-order valence-electron chi connectivity index (χ0n) is 46.3. The fourth-order valence-electron chi connectivity index (χ4n) is 12.1. The number of rotatable bonds is 10. The quantitative estimate of drug-likeness (QED) is 0.165. The summed E-state index contributed by atoms with van der Waals surface area (Å²) in [5.74, 6) is 1.47. The Balaban J connectivity index is 0.000000164. The van der Waals surface area contributed by atoms with Crippen molar-refractivity contribution in [2.45, 2.75) is 90.8 Å². The number of hydrogen-bond donors (Lipinski definition) is 3. The minimum atomic E-state index is -1.20. The normalized spacial score (nSPS) is 22.9. The summed E-state index contributed by atoms with van der Waals surface area (Å²) in [6.45, 7) is 16.8. The van der Waals surface area contributed by atoms with Gasteiger partial charge in [0, 0.05) is 123 Å². The molecule has 24 heteroatoms. The Bertz CT molecular complexity index is 3080. The Morgan fingerprint density at radius 2 is 1.20 bits per heavy atom. The molecule has 3 N–H and O–H groups in total.